The molecule has 33 heavy (non-hydrogen) atoms. The maximum Gasteiger partial charge on any atom is 0.335 e. The van der Waals surface area contributed by atoms with Crippen LogP contribution >= 0.6 is 0 Å². The summed E-state index contributed by atoms with van der Waals surface area (Å²) in [6.07, 6.45) is 10.3. The van der Waals surface area contributed by atoms with Gasteiger partial charge in [0.1, 0.15) is 5.75 Å². The number of rotatable bonds is 14. The number of carboxylic acids is 2. The third-order valence-electron chi connectivity index (χ3n) is 5.06. The molecule has 0 fully saturated rings. The molecular formula is C27H36O6. The van der Waals surface area contributed by atoms with Gasteiger partial charge in [0.25, 0.3) is 0 Å². The SMILES string of the molecule is CCC(=O)O.CCCCCCCCCCOc1ccc(C(=O)c2cccc(C(=O)O)c2)cc1. The Hall–Kier alpha value is -3.15. The number of ether oxygens (including phenoxy) is 1. The molecule has 0 amide bonds. The van der Waals surface area contributed by atoms with E-state index in [4.69, 9.17) is 14.9 Å². The second-order valence-corrected chi connectivity index (χ2v) is 7.81. The van der Waals surface area contributed by atoms with E-state index in [2.05, 4.69) is 6.92 Å². The van der Waals surface area contributed by atoms with Crippen molar-refractivity contribution in [2.75, 3.05) is 6.61 Å². The largest absolute Gasteiger partial charge is 0.494 e. The first-order valence-electron chi connectivity index (χ1n) is 11.7. The Labute approximate surface area is 196 Å². The molecule has 0 radical (unpaired) electrons. The summed E-state index contributed by atoms with van der Waals surface area (Å²) in [4.78, 5) is 32.9. The van der Waals surface area contributed by atoms with Gasteiger partial charge in [0.15, 0.2) is 5.78 Å². The van der Waals surface area contributed by atoms with Crippen LogP contribution in [-0.2, 0) is 4.79 Å². The van der Waals surface area contributed by atoms with Crippen molar-refractivity contribution >= 4 is 17.7 Å². The summed E-state index contributed by atoms with van der Waals surface area (Å²) >= 11 is 0. The van der Waals surface area contributed by atoms with Gasteiger partial charge in [-0.2, -0.15) is 0 Å². The first kappa shape index (κ1) is 27.9. The second-order valence-electron chi connectivity index (χ2n) is 7.81. The van der Waals surface area contributed by atoms with E-state index in [1.165, 1.54) is 57.1 Å². The fourth-order valence-electron chi connectivity index (χ4n) is 3.09. The van der Waals surface area contributed by atoms with Gasteiger partial charge in [0, 0.05) is 17.5 Å². The van der Waals surface area contributed by atoms with Gasteiger partial charge in [-0.1, -0.05) is 70.9 Å². The predicted octanol–water partition coefficient (Wildman–Crippen LogP) is 6.62. The summed E-state index contributed by atoms with van der Waals surface area (Å²) in [5, 5.41) is 16.8. The van der Waals surface area contributed by atoms with Gasteiger partial charge in [0.05, 0.1) is 12.2 Å². The van der Waals surface area contributed by atoms with E-state index in [1.807, 2.05) is 0 Å². The molecule has 6 heteroatoms. The third kappa shape index (κ3) is 11.9. The first-order chi connectivity index (χ1) is 15.9. The number of aromatic carboxylic acids is 1. The lowest BCUT2D eigenvalue weighted by atomic mass is 10.0. The quantitative estimate of drug-likeness (QED) is 0.245. The highest BCUT2D eigenvalue weighted by Gasteiger charge is 2.12. The Morgan fingerprint density at radius 3 is 1.82 bits per heavy atom. The van der Waals surface area contributed by atoms with E-state index in [9.17, 15) is 14.4 Å². The van der Waals surface area contributed by atoms with Gasteiger partial charge in [-0.3, -0.25) is 9.59 Å². The number of carbonyl (C=O) groups is 3. The minimum Gasteiger partial charge on any atom is -0.494 e. The topological polar surface area (TPSA) is 101 Å². The van der Waals surface area contributed by atoms with Crippen LogP contribution in [0.15, 0.2) is 48.5 Å². The highest BCUT2D eigenvalue weighted by atomic mass is 16.5. The van der Waals surface area contributed by atoms with E-state index in [1.54, 1.807) is 43.3 Å². The molecule has 0 spiro atoms. The highest BCUT2D eigenvalue weighted by Crippen LogP contribution is 2.17. The van der Waals surface area contributed by atoms with Crippen molar-refractivity contribution < 1.29 is 29.3 Å². The first-order valence-corrected chi connectivity index (χ1v) is 11.7. The molecule has 0 aromatic heterocycles. The van der Waals surface area contributed by atoms with Crippen LogP contribution < -0.4 is 4.74 Å². The molecule has 6 nitrogen and oxygen atoms in total. The van der Waals surface area contributed by atoms with Gasteiger partial charge in [-0.15, -0.1) is 0 Å². The van der Waals surface area contributed by atoms with Crippen LogP contribution in [0.5, 0.6) is 5.75 Å². The van der Waals surface area contributed by atoms with E-state index in [0.29, 0.717) is 17.7 Å². The summed E-state index contributed by atoms with van der Waals surface area (Å²) in [6, 6.07) is 13.1. The van der Waals surface area contributed by atoms with Crippen LogP contribution in [-0.4, -0.2) is 34.5 Å². The van der Waals surface area contributed by atoms with Crippen molar-refractivity contribution in [2.24, 2.45) is 0 Å². The fraction of sp³-hybridized carbons (Fsp3) is 0.444. The average Bonchev–Trinajstić information content (AvgIpc) is 2.83. The number of aliphatic carboxylic acids is 1. The molecule has 0 aliphatic rings. The van der Waals surface area contributed by atoms with E-state index < -0.39 is 11.9 Å². The van der Waals surface area contributed by atoms with Gasteiger partial charge in [0.2, 0.25) is 0 Å². The van der Waals surface area contributed by atoms with Crippen molar-refractivity contribution in [3.05, 3.63) is 65.2 Å². The summed E-state index contributed by atoms with van der Waals surface area (Å²) in [5.41, 5.74) is 0.991. The zero-order chi connectivity index (χ0) is 24.5. The van der Waals surface area contributed by atoms with Crippen molar-refractivity contribution in [1.82, 2.24) is 0 Å². The van der Waals surface area contributed by atoms with E-state index in [0.717, 1.165) is 12.2 Å². The maximum atomic E-state index is 12.5. The molecule has 0 atom stereocenters. The Morgan fingerprint density at radius 1 is 0.727 bits per heavy atom. The molecule has 0 heterocycles. The standard InChI is InChI=1S/C24H30O4.C3H6O2/c1-2-3-4-5-6-7-8-9-17-28-22-15-13-19(14-16-22)23(25)20-11-10-12-21(18-20)24(26)27;1-2-3(4)5/h10-16,18H,2-9,17H2,1H3,(H,26,27);2H2,1H3,(H,4,5). The molecule has 0 aliphatic heterocycles. The lowest BCUT2D eigenvalue weighted by Gasteiger charge is -2.07. The molecule has 0 aliphatic carbocycles. The number of ketones is 1. The Balaban J connectivity index is 0.000000981. The molecule has 0 saturated heterocycles. The van der Waals surface area contributed by atoms with Crippen molar-refractivity contribution in [1.29, 1.82) is 0 Å². The van der Waals surface area contributed by atoms with Gasteiger partial charge in [-0.25, -0.2) is 4.79 Å². The number of unbranched alkanes of at least 4 members (excludes halogenated alkanes) is 7. The molecule has 180 valence electrons. The smallest absolute Gasteiger partial charge is 0.335 e. The van der Waals surface area contributed by atoms with E-state index >= 15 is 0 Å². The predicted molar refractivity (Wildman–Crippen MR) is 129 cm³/mol. The normalized spacial score (nSPS) is 10.1. The van der Waals surface area contributed by atoms with Gasteiger partial charge < -0.3 is 14.9 Å². The Morgan fingerprint density at radius 2 is 1.27 bits per heavy atom. The number of carboxylic acid groups (broad SMARTS) is 2. The van der Waals surface area contributed by atoms with Crippen molar-refractivity contribution in [2.45, 2.75) is 71.6 Å². The van der Waals surface area contributed by atoms with Crippen LogP contribution in [0.2, 0.25) is 0 Å². The summed E-state index contributed by atoms with van der Waals surface area (Å²) < 4.78 is 5.75. The average molecular weight is 457 g/mol. The van der Waals surface area contributed by atoms with Gasteiger partial charge in [-0.05, 0) is 42.8 Å². The zero-order valence-corrected chi connectivity index (χ0v) is 19.7. The van der Waals surface area contributed by atoms with Gasteiger partial charge >= 0.3 is 11.9 Å². The summed E-state index contributed by atoms with van der Waals surface area (Å²) in [5.74, 6) is -1.24. The maximum absolute atomic E-state index is 12.5. The molecule has 2 aromatic rings. The molecule has 0 saturated carbocycles. The molecular weight excluding hydrogens is 420 g/mol. The second kappa shape index (κ2) is 16.5. The summed E-state index contributed by atoms with van der Waals surface area (Å²) in [7, 11) is 0. The Kier molecular flexibility index (Phi) is 13.9. The number of hydrogen-bond acceptors (Lipinski definition) is 4. The van der Waals surface area contributed by atoms with E-state index in [-0.39, 0.29) is 17.8 Å². The number of benzene rings is 2. The lowest BCUT2D eigenvalue weighted by Crippen LogP contribution is -2.04. The molecule has 0 unspecified atom stereocenters. The van der Waals surface area contributed by atoms with Crippen molar-refractivity contribution in [3.63, 3.8) is 0 Å². The number of hydrogen-bond donors (Lipinski definition) is 2. The van der Waals surface area contributed by atoms with Crippen LogP contribution in [0.4, 0.5) is 0 Å². The molecule has 2 N–H and O–H groups in total. The van der Waals surface area contributed by atoms with Crippen LogP contribution in [0.25, 0.3) is 0 Å². The fourth-order valence-corrected chi connectivity index (χ4v) is 3.09. The van der Waals surface area contributed by atoms with Crippen LogP contribution in [0.1, 0.15) is 97.9 Å². The Bertz CT molecular complexity index is 857. The molecule has 2 rings (SSSR count). The third-order valence-corrected chi connectivity index (χ3v) is 5.06. The molecule has 0 bridgehead atoms. The minimum absolute atomic E-state index is 0.108. The summed E-state index contributed by atoms with van der Waals surface area (Å²) in [6.45, 7) is 4.52. The molecule has 2 aromatic carbocycles. The van der Waals surface area contributed by atoms with Crippen LogP contribution in [0, 0.1) is 0 Å². The zero-order valence-electron chi connectivity index (χ0n) is 19.7. The highest BCUT2D eigenvalue weighted by molar-refractivity contribution is 6.09. The number of carbonyl (C=O) groups excluding carboxylic acids is 1. The lowest BCUT2D eigenvalue weighted by molar-refractivity contribution is -0.136. The van der Waals surface area contributed by atoms with Crippen LogP contribution in [0.3, 0.4) is 0 Å². The van der Waals surface area contributed by atoms with Crippen molar-refractivity contribution in [3.8, 4) is 5.75 Å². The monoisotopic (exact) mass is 456 g/mol. The minimum atomic E-state index is -1.04.